The maximum absolute atomic E-state index is 13.9. The molecule has 0 spiro atoms. The van der Waals surface area contributed by atoms with Gasteiger partial charge < -0.3 is 10.6 Å². The largest absolute Gasteiger partial charge is 0.356 e. The van der Waals surface area contributed by atoms with Crippen LogP contribution in [-0.2, 0) is 4.79 Å². The maximum atomic E-state index is 13.9. The first-order valence-corrected chi connectivity index (χ1v) is 7.97. The first-order valence-electron chi connectivity index (χ1n) is 7.97. The van der Waals surface area contributed by atoms with E-state index >= 15 is 0 Å². The molecule has 0 aliphatic carbocycles. The molecule has 1 aromatic carbocycles. The molecule has 2 heterocycles. The van der Waals surface area contributed by atoms with E-state index < -0.39 is 0 Å². The Morgan fingerprint density at radius 1 is 1.32 bits per heavy atom. The van der Waals surface area contributed by atoms with Crippen LogP contribution in [0.25, 0.3) is 0 Å². The van der Waals surface area contributed by atoms with E-state index in [-0.39, 0.29) is 23.7 Å². The molecule has 1 amide bonds. The van der Waals surface area contributed by atoms with Crippen molar-refractivity contribution in [1.82, 2.24) is 21.5 Å². The Morgan fingerprint density at radius 2 is 2.18 bits per heavy atom. The molecule has 3 unspecified atom stereocenters. The molecule has 2 saturated heterocycles. The highest BCUT2D eigenvalue weighted by molar-refractivity contribution is 5.80. The molecule has 0 bridgehead atoms. The molecule has 2 aliphatic rings. The van der Waals surface area contributed by atoms with E-state index in [0.29, 0.717) is 24.6 Å². The highest BCUT2D eigenvalue weighted by atomic mass is 19.1. The predicted octanol–water partition coefficient (Wildman–Crippen LogP) is 0.707. The van der Waals surface area contributed by atoms with Gasteiger partial charge in [0.15, 0.2) is 0 Å². The highest BCUT2D eigenvalue weighted by Crippen LogP contribution is 2.27. The van der Waals surface area contributed by atoms with Crippen molar-refractivity contribution in [3.8, 4) is 0 Å². The van der Waals surface area contributed by atoms with Crippen molar-refractivity contribution in [2.75, 3.05) is 26.2 Å². The molecule has 2 fully saturated rings. The standard InChI is InChI=1S/C16H23FN4O/c17-14-4-2-1-3-12(14)15-13(10-20-21-15)16(22)19-8-6-11-5-7-18-9-11/h1-4,11,13,15,18,20-21H,5-10H2,(H,19,22). The van der Waals surface area contributed by atoms with E-state index in [0.717, 1.165) is 19.5 Å². The maximum Gasteiger partial charge on any atom is 0.226 e. The Bertz CT molecular complexity index is 519. The van der Waals surface area contributed by atoms with Crippen LogP contribution in [0.2, 0.25) is 0 Å². The van der Waals surface area contributed by atoms with Crippen LogP contribution in [0.3, 0.4) is 0 Å². The van der Waals surface area contributed by atoms with Gasteiger partial charge in [-0.05, 0) is 37.9 Å². The quantitative estimate of drug-likeness (QED) is 0.647. The van der Waals surface area contributed by atoms with Crippen molar-refractivity contribution in [3.05, 3.63) is 35.6 Å². The molecule has 5 nitrogen and oxygen atoms in total. The second-order valence-electron chi connectivity index (χ2n) is 6.07. The summed E-state index contributed by atoms with van der Waals surface area (Å²) in [5.41, 5.74) is 6.52. The van der Waals surface area contributed by atoms with Crippen molar-refractivity contribution in [2.45, 2.75) is 18.9 Å². The van der Waals surface area contributed by atoms with Crippen LogP contribution in [-0.4, -0.2) is 32.1 Å². The molecule has 3 rings (SSSR count). The Labute approximate surface area is 130 Å². The summed E-state index contributed by atoms with van der Waals surface area (Å²) >= 11 is 0. The van der Waals surface area contributed by atoms with E-state index in [4.69, 9.17) is 0 Å². The van der Waals surface area contributed by atoms with Gasteiger partial charge in [0.05, 0.1) is 12.0 Å². The number of amides is 1. The van der Waals surface area contributed by atoms with Gasteiger partial charge in [-0.3, -0.25) is 10.2 Å². The van der Waals surface area contributed by atoms with Crippen LogP contribution in [0, 0.1) is 17.7 Å². The van der Waals surface area contributed by atoms with Gasteiger partial charge in [-0.2, -0.15) is 0 Å². The Hall–Kier alpha value is -1.50. The van der Waals surface area contributed by atoms with E-state index in [1.54, 1.807) is 18.2 Å². The van der Waals surface area contributed by atoms with Crippen LogP contribution < -0.4 is 21.5 Å². The first-order chi connectivity index (χ1) is 10.8. The van der Waals surface area contributed by atoms with Gasteiger partial charge in [-0.15, -0.1) is 0 Å². The molecule has 120 valence electrons. The molecular weight excluding hydrogens is 283 g/mol. The van der Waals surface area contributed by atoms with E-state index in [2.05, 4.69) is 21.5 Å². The Balaban J connectivity index is 1.55. The number of carbonyl (C=O) groups is 1. The topological polar surface area (TPSA) is 65.2 Å². The minimum Gasteiger partial charge on any atom is -0.356 e. The molecule has 0 aromatic heterocycles. The molecule has 4 N–H and O–H groups in total. The van der Waals surface area contributed by atoms with Crippen molar-refractivity contribution < 1.29 is 9.18 Å². The van der Waals surface area contributed by atoms with Gasteiger partial charge in [0, 0.05) is 18.7 Å². The lowest BCUT2D eigenvalue weighted by Gasteiger charge is -2.19. The van der Waals surface area contributed by atoms with Crippen LogP contribution in [0.5, 0.6) is 0 Å². The van der Waals surface area contributed by atoms with Crippen LogP contribution in [0.4, 0.5) is 4.39 Å². The van der Waals surface area contributed by atoms with Crippen LogP contribution in [0.15, 0.2) is 24.3 Å². The molecule has 22 heavy (non-hydrogen) atoms. The fraction of sp³-hybridized carbons (Fsp3) is 0.562. The molecule has 6 heteroatoms. The summed E-state index contributed by atoms with van der Waals surface area (Å²) in [7, 11) is 0. The zero-order chi connectivity index (χ0) is 15.4. The van der Waals surface area contributed by atoms with Crippen LogP contribution in [0.1, 0.15) is 24.4 Å². The Kier molecular flexibility index (Phi) is 5.02. The first kappa shape index (κ1) is 15.4. The van der Waals surface area contributed by atoms with Crippen molar-refractivity contribution in [1.29, 1.82) is 0 Å². The van der Waals surface area contributed by atoms with Crippen molar-refractivity contribution >= 4 is 5.91 Å². The third kappa shape index (κ3) is 3.45. The van der Waals surface area contributed by atoms with E-state index in [1.807, 2.05) is 0 Å². The molecular formula is C16H23FN4O. The van der Waals surface area contributed by atoms with Gasteiger partial charge in [-0.1, -0.05) is 18.2 Å². The summed E-state index contributed by atoms with van der Waals surface area (Å²) in [6.07, 6.45) is 2.18. The summed E-state index contributed by atoms with van der Waals surface area (Å²) < 4.78 is 13.9. The average molecular weight is 306 g/mol. The summed E-state index contributed by atoms with van der Waals surface area (Å²) in [6, 6.07) is 6.28. The normalized spacial score (nSPS) is 28.0. The third-order valence-corrected chi connectivity index (χ3v) is 4.57. The van der Waals surface area contributed by atoms with Crippen molar-refractivity contribution in [3.63, 3.8) is 0 Å². The minimum atomic E-state index is -0.325. The lowest BCUT2D eigenvalue weighted by atomic mass is 9.93. The van der Waals surface area contributed by atoms with Gasteiger partial charge in [0.2, 0.25) is 5.91 Å². The second-order valence-corrected chi connectivity index (χ2v) is 6.07. The highest BCUT2D eigenvalue weighted by Gasteiger charge is 2.35. The van der Waals surface area contributed by atoms with E-state index in [1.165, 1.54) is 12.5 Å². The summed E-state index contributed by atoms with van der Waals surface area (Å²) in [5, 5.41) is 6.33. The van der Waals surface area contributed by atoms with Gasteiger partial charge in [0.25, 0.3) is 0 Å². The SMILES string of the molecule is O=C(NCCC1CCNC1)C1CNNC1c1ccccc1F. The number of nitrogens with one attached hydrogen (secondary N) is 4. The number of carbonyl (C=O) groups excluding carboxylic acids is 1. The monoisotopic (exact) mass is 306 g/mol. The molecule has 0 saturated carbocycles. The van der Waals surface area contributed by atoms with Crippen LogP contribution >= 0.6 is 0 Å². The number of hydrazine groups is 1. The third-order valence-electron chi connectivity index (χ3n) is 4.57. The number of halogens is 1. The number of rotatable bonds is 5. The fourth-order valence-corrected chi connectivity index (χ4v) is 3.25. The lowest BCUT2D eigenvalue weighted by Crippen LogP contribution is -2.36. The molecule has 1 aromatic rings. The van der Waals surface area contributed by atoms with Gasteiger partial charge >= 0.3 is 0 Å². The number of hydrogen-bond donors (Lipinski definition) is 4. The van der Waals surface area contributed by atoms with E-state index in [9.17, 15) is 9.18 Å². The van der Waals surface area contributed by atoms with Crippen molar-refractivity contribution in [2.24, 2.45) is 11.8 Å². The zero-order valence-electron chi connectivity index (χ0n) is 12.6. The zero-order valence-corrected chi connectivity index (χ0v) is 12.6. The Morgan fingerprint density at radius 3 is 2.95 bits per heavy atom. The minimum absolute atomic E-state index is 0.0169. The second kappa shape index (κ2) is 7.17. The lowest BCUT2D eigenvalue weighted by molar-refractivity contribution is -0.125. The number of hydrogen-bond acceptors (Lipinski definition) is 4. The smallest absolute Gasteiger partial charge is 0.226 e. The number of benzene rings is 1. The van der Waals surface area contributed by atoms with Gasteiger partial charge in [0.1, 0.15) is 5.82 Å². The summed E-state index contributed by atoms with van der Waals surface area (Å²) in [4.78, 5) is 12.4. The fourth-order valence-electron chi connectivity index (χ4n) is 3.25. The summed E-state index contributed by atoms with van der Waals surface area (Å²) in [6.45, 7) is 3.31. The predicted molar refractivity (Wildman–Crippen MR) is 82.4 cm³/mol. The average Bonchev–Trinajstić information content (AvgIpc) is 3.18. The molecule has 3 atom stereocenters. The van der Waals surface area contributed by atoms with Gasteiger partial charge in [-0.25, -0.2) is 9.82 Å². The molecule has 2 aliphatic heterocycles. The summed E-state index contributed by atoms with van der Waals surface area (Å²) in [5.74, 6) is 0.0661. The molecule has 0 radical (unpaired) electrons.